The van der Waals surface area contributed by atoms with Gasteiger partial charge in [-0.1, -0.05) is 36.4 Å². The van der Waals surface area contributed by atoms with Crippen molar-refractivity contribution in [2.75, 3.05) is 5.88 Å². The summed E-state index contributed by atoms with van der Waals surface area (Å²) in [6, 6.07) is 11.6. The van der Waals surface area contributed by atoms with Crippen molar-refractivity contribution in [1.82, 2.24) is 0 Å². The van der Waals surface area contributed by atoms with Crippen LogP contribution in [-0.2, 0) is 0 Å². The smallest absolute Gasteiger partial charge is 0.0466 e. The summed E-state index contributed by atoms with van der Waals surface area (Å²) in [6.45, 7) is 0. The molecule has 0 spiro atoms. The third kappa shape index (κ3) is 3.74. The van der Waals surface area contributed by atoms with Crippen molar-refractivity contribution in [3.05, 3.63) is 41.6 Å². The molecule has 0 aliphatic heterocycles. The molecule has 0 atom stereocenters. The summed E-state index contributed by atoms with van der Waals surface area (Å²) < 4.78 is 0. The fraction of sp³-hybridized carbons (Fsp3) is 0.200. The highest BCUT2D eigenvalue weighted by molar-refractivity contribution is 6.44. The van der Waals surface area contributed by atoms with Gasteiger partial charge in [0, 0.05) is 15.4 Å². The van der Waals surface area contributed by atoms with Gasteiger partial charge in [-0.05, 0) is 11.6 Å². The Kier molecular flexibility index (Phi) is 4.81. The van der Waals surface area contributed by atoms with Gasteiger partial charge in [0.1, 0.15) is 0 Å². The number of hydrogen-bond donors (Lipinski definition) is 0. The van der Waals surface area contributed by atoms with E-state index in [1.807, 2.05) is 6.07 Å². The Morgan fingerprint density at radius 2 is 2.00 bits per heavy atom. The molecule has 12 heavy (non-hydrogen) atoms. The molecule has 0 aliphatic carbocycles. The van der Waals surface area contributed by atoms with E-state index in [0.717, 1.165) is 5.88 Å². The number of alkyl halides is 1. The topological polar surface area (TPSA) is 0 Å². The Balaban J connectivity index is 2.36. The van der Waals surface area contributed by atoms with Crippen LogP contribution < -0.4 is 0 Å². The first kappa shape index (κ1) is 9.55. The molecule has 0 aromatic heterocycles. The lowest BCUT2D eigenvalue weighted by Crippen LogP contribution is -1.83. The Morgan fingerprint density at radius 3 is 2.67 bits per heavy atom. The lowest BCUT2D eigenvalue weighted by Gasteiger charge is -1.90. The van der Waals surface area contributed by atoms with E-state index in [1.165, 1.54) is 11.6 Å². The van der Waals surface area contributed by atoms with Gasteiger partial charge in [0.2, 0.25) is 0 Å². The van der Waals surface area contributed by atoms with Crippen molar-refractivity contribution >= 4 is 27.2 Å². The summed E-state index contributed by atoms with van der Waals surface area (Å²) in [5, 5.41) is 0. The molecule has 0 amide bonds. The molecule has 0 radical (unpaired) electrons. The average Bonchev–Trinajstić information content (AvgIpc) is 2.14. The Labute approximate surface area is 81.1 Å². The Bertz CT molecular complexity index is 231. The average molecular weight is 197 g/mol. The minimum absolute atomic E-state index is 0.0450. The van der Waals surface area contributed by atoms with Gasteiger partial charge in [0.05, 0.1) is 0 Å². The summed E-state index contributed by atoms with van der Waals surface area (Å²) in [4.78, 5) is 0. The minimum Gasteiger partial charge on any atom is -0.127 e. The molecule has 0 saturated carbocycles. The molecule has 0 fully saturated rings. The zero-order valence-corrected chi connectivity index (χ0v) is 9.21. The van der Waals surface area contributed by atoms with E-state index in [9.17, 15) is 0 Å². The zero-order valence-electron chi connectivity index (χ0n) is 7.04. The van der Waals surface area contributed by atoms with Crippen LogP contribution in [0.15, 0.2) is 36.0 Å². The van der Waals surface area contributed by atoms with Crippen LogP contribution in [0.25, 0.3) is 6.08 Å². The van der Waals surface area contributed by atoms with Crippen LogP contribution in [0.2, 0.25) is 6.04 Å². The van der Waals surface area contributed by atoms with E-state index in [2.05, 4.69) is 36.0 Å². The SMILES string of the molecule is ClCC[SiH2]C=Cc1ccccc1. The molecular formula is C10H13ClSi. The van der Waals surface area contributed by atoms with Crippen LogP contribution >= 0.6 is 11.6 Å². The molecule has 0 N–H and O–H groups in total. The van der Waals surface area contributed by atoms with Crippen molar-refractivity contribution in [3.8, 4) is 0 Å². The molecule has 0 saturated heterocycles. The quantitative estimate of drug-likeness (QED) is 0.395. The lowest BCUT2D eigenvalue weighted by atomic mass is 10.2. The van der Waals surface area contributed by atoms with Gasteiger partial charge in [-0.2, -0.15) is 0 Å². The Hall–Kier alpha value is -0.533. The Morgan fingerprint density at radius 1 is 1.25 bits per heavy atom. The van der Waals surface area contributed by atoms with E-state index in [0.29, 0.717) is 0 Å². The summed E-state index contributed by atoms with van der Waals surface area (Å²) in [5.74, 6) is 0.811. The highest BCUT2D eigenvalue weighted by atomic mass is 35.5. The van der Waals surface area contributed by atoms with E-state index in [1.54, 1.807) is 0 Å². The maximum atomic E-state index is 5.58. The summed E-state index contributed by atoms with van der Waals surface area (Å²) >= 11 is 5.58. The first-order valence-corrected chi connectivity index (χ1v) is 6.56. The highest BCUT2D eigenvalue weighted by Crippen LogP contribution is 2.00. The van der Waals surface area contributed by atoms with E-state index >= 15 is 0 Å². The highest BCUT2D eigenvalue weighted by Gasteiger charge is 1.83. The minimum atomic E-state index is -0.0450. The predicted octanol–water partition coefficient (Wildman–Crippen LogP) is 2.48. The molecule has 1 rings (SSSR count). The van der Waals surface area contributed by atoms with Gasteiger partial charge < -0.3 is 0 Å². The number of benzene rings is 1. The van der Waals surface area contributed by atoms with Crippen molar-refractivity contribution in [2.24, 2.45) is 0 Å². The summed E-state index contributed by atoms with van der Waals surface area (Å²) in [7, 11) is -0.0450. The second-order valence-electron chi connectivity index (χ2n) is 2.64. The van der Waals surface area contributed by atoms with Crippen molar-refractivity contribution in [1.29, 1.82) is 0 Å². The van der Waals surface area contributed by atoms with Crippen LogP contribution in [0.1, 0.15) is 5.56 Å². The monoisotopic (exact) mass is 196 g/mol. The van der Waals surface area contributed by atoms with Crippen LogP contribution in [0, 0.1) is 0 Å². The maximum absolute atomic E-state index is 5.58. The van der Waals surface area contributed by atoms with Gasteiger partial charge in [0.15, 0.2) is 0 Å². The van der Waals surface area contributed by atoms with Gasteiger partial charge in [-0.15, -0.1) is 17.3 Å². The third-order valence-corrected chi connectivity index (χ3v) is 3.66. The maximum Gasteiger partial charge on any atom is 0.0466 e. The molecule has 0 aliphatic rings. The standard InChI is InChI=1S/C10H13ClSi/c11-7-9-12-8-6-10-4-2-1-3-5-10/h1-6,8H,7,9,12H2. The molecule has 1 aromatic rings. The van der Waals surface area contributed by atoms with E-state index in [-0.39, 0.29) is 9.52 Å². The fourth-order valence-corrected chi connectivity index (χ4v) is 2.27. The second kappa shape index (κ2) is 6.04. The van der Waals surface area contributed by atoms with Crippen LogP contribution in [0.3, 0.4) is 0 Å². The molecule has 64 valence electrons. The van der Waals surface area contributed by atoms with Crippen LogP contribution in [0.5, 0.6) is 0 Å². The van der Waals surface area contributed by atoms with Gasteiger partial charge >= 0.3 is 0 Å². The van der Waals surface area contributed by atoms with Crippen LogP contribution in [0.4, 0.5) is 0 Å². The first-order valence-electron chi connectivity index (χ1n) is 4.21. The fourth-order valence-electron chi connectivity index (χ4n) is 0.979. The van der Waals surface area contributed by atoms with Gasteiger partial charge in [-0.3, -0.25) is 0 Å². The number of halogens is 1. The molecule has 0 nitrogen and oxygen atoms in total. The normalized spacial score (nSPS) is 11.8. The molecular weight excluding hydrogens is 184 g/mol. The summed E-state index contributed by atoms with van der Waals surface area (Å²) in [6.07, 6.45) is 2.19. The van der Waals surface area contributed by atoms with Gasteiger partial charge in [-0.25, -0.2) is 0 Å². The zero-order chi connectivity index (χ0) is 8.65. The van der Waals surface area contributed by atoms with Crippen molar-refractivity contribution in [2.45, 2.75) is 6.04 Å². The van der Waals surface area contributed by atoms with E-state index < -0.39 is 0 Å². The van der Waals surface area contributed by atoms with Gasteiger partial charge in [0.25, 0.3) is 0 Å². The predicted molar refractivity (Wildman–Crippen MR) is 59.5 cm³/mol. The third-order valence-electron chi connectivity index (χ3n) is 1.61. The summed E-state index contributed by atoms with van der Waals surface area (Å²) in [5.41, 5.74) is 3.59. The van der Waals surface area contributed by atoms with E-state index in [4.69, 9.17) is 11.6 Å². The van der Waals surface area contributed by atoms with Crippen molar-refractivity contribution < 1.29 is 0 Å². The molecule has 0 heterocycles. The molecule has 0 bridgehead atoms. The number of rotatable bonds is 4. The molecule has 1 aromatic carbocycles. The second-order valence-corrected chi connectivity index (χ2v) is 4.78. The largest absolute Gasteiger partial charge is 0.127 e. The molecule has 2 heteroatoms. The first-order chi connectivity index (χ1) is 5.93. The van der Waals surface area contributed by atoms with Crippen molar-refractivity contribution in [3.63, 3.8) is 0 Å². The number of hydrogen-bond acceptors (Lipinski definition) is 0. The van der Waals surface area contributed by atoms with Crippen LogP contribution in [-0.4, -0.2) is 15.4 Å². The molecule has 0 unspecified atom stereocenters. The lowest BCUT2D eigenvalue weighted by molar-refractivity contribution is 1.47.